The predicted molar refractivity (Wildman–Crippen MR) is 92.5 cm³/mol. The maximum atomic E-state index is 9.55. The van der Waals surface area contributed by atoms with Crippen molar-refractivity contribution in [2.24, 2.45) is 0 Å². The summed E-state index contributed by atoms with van der Waals surface area (Å²) in [5, 5.41) is 20.9. The Balaban J connectivity index is 1.99. The molecule has 8 nitrogen and oxygen atoms in total. The van der Waals surface area contributed by atoms with Crippen molar-refractivity contribution < 1.29 is 5.11 Å². The van der Waals surface area contributed by atoms with Gasteiger partial charge in [0.05, 0.1) is 30.4 Å². The number of fused-ring (bicyclic) bond motifs is 1. The van der Waals surface area contributed by atoms with E-state index in [1.807, 2.05) is 29.0 Å². The van der Waals surface area contributed by atoms with Crippen molar-refractivity contribution in [1.29, 1.82) is 0 Å². The molecule has 3 aromatic rings. The van der Waals surface area contributed by atoms with Crippen molar-refractivity contribution in [3.05, 3.63) is 36.3 Å². The van der Waals surface area contributed by atoms with Crippen molar-refractivity contribution >= 4 is 22.8 Å². The van der Waals surface area contributed by atoms with E-state index >= 15 is 0 Å². The Labute approximate surface area is 139 Å². The van der Waals surface area contributed by atoms with Crippen LogP contribution < -0.4 is 11.1 Å². The van der Waals surface area contributed by atoms with E-state index in [1.165, 1.54) is 0 Å². The monoisotopic (exact) mass is 327 g/mol. The number of nitrogens with zero attached hydrogens (tertiary/aromatic N) is 5. The van der Waals surface area contributed by atoms with Gasteiger partial charge in [0, 0.05) is 12.4 Å². The largest absolute Gasteiger partial charge is 0.394 e. The van der Waals surface area contributed by atoms with Gasteiger partial charge in [-0.3, -0.25) is 0 Å². The first-order chi connectivity index (χ1) is 11.7. The molecule has 0 aliphatic carbocycles. The van der Waals surface area contributed by atoms with Gasteiger partial charge >= 0.3 is 0 Å². The third-order valence-corrected chi connectivity index (χ3v) is 3.79. The van der Waals surface area contributed by atoms with E-state index in [4.69, 9.17) is 5.73 Å². The third kappa shape index (κ3) is 3.43. The van der Waals surface area contributed by atoms with Crippen LogP contribution in [0, 0.1) is 0 Å². The van der Waals surface area contributed by atoms with Crippen molar-refractivity contribution in [1.82, 2.24) is 24.7 Å². The maximum Gasteiger partial charge on any atom is 0.222 e. The highest BCUT2D eigenvalue weighted by molar-refractivity contribution is 5.87. The van der Waals surface area contributed by atoms with Crippen molar-refractivity contribution in [3.8, 4) is 0 Å². The topological polar surface area (TPSA) is 115 Å². The van der Waals surface area contributed by atoms with Gasteiger partial charge in [-0.1, -0.05) is 13.3 Å². The number of aromatic nitrogens is 5. The Hall–Kier alpha value is -2.74. The van der Waals surface area contributed by atoms with Gasteiger partial charge in [-0.25, -0.2) is 4.98 Å². The van der Waals surface area contributed by atoms with Crippen LogP contribution in [0.25, 0.3) is 11.0 Å². The molecule has 0 aliphatic heterocycles. The van der Waals surface area contributed by atoms with Crippen LogP contribution in [0.2, 0.25) is 0 Å². The molecular weight excluding hydrogens is 306 g/mol. The number of aliphatic hydroxyl groups is 1. The molecule has 3 heterocycles. The van der Waals surface area contributed by atoms with E-state index in [2.05, 4.69) is 32.4 Å². The highest BCUT2D eigenvalue weighted by atomic mass is 16.3. The molecule has 0 aromatic carbocycles. The lowest BCUT2D eigenvalue weighted by Gasteiger charge is -2.18. The molecule has 0 aliphatic rings. The van der Waals surface area contributed by atoms with Crippen LogP contribution in [-0.4, -0.2) is 42.5 Å². The molecule has 0 amide bonds. The second-order valence-electron chi connectivity index (χ2n) is 5.64. The van der Waals surface area contributed by atoms with E-state index in [1.54, 1.807) is 6.20 Å². The second-order valence-corrected chi connectivity index (χ2v) is 5.64. The first-order valence-electron chi connectivity index (χ1n) is 7.97. The van der Waals surface area contributed by atoms with Crippen LogP contribution in [0.4, 0.5) is 11.8 Å². The van der Waals surface area contributed by atoms with Gasteiger partial charge in [0.2, 0.25) is 5.95 Å². The molecule has 1 atom stereocenters. The van der Waals surface area contributed by atoms with Gasteiger partial charge < -0.3 is 20.7 Å². The fourth-order valence-corrected chi connectivity index (χ4v) is 2.70. The van der Waals surface area contributed by atoms with Crippen molar-refractivity contribution in [3.63, 3.8) is 0 Å². The van der Waals surface area contributed by atoms with Gasteiger partial charge in [-0.15, -0.1) is 0 Å². The molecule has 0 saturated heterocycles. The Bertz CT molecular complexity index is 803. The molecule has 0 bridgehead atoms. The molecule has 4 N–H and O–H groups in total. The summed E-state index contributed by atoms with van der Waals surface area (Å²) in [7, 11) is 0. The number of nitrogens with two attached hydrogens (primary N) is 1. The summed E-state index contributed by atoms with van der Waals surface area (Å²) in [6.45, 7) is 2.66. The standard InChI is InChI=1S/C16H21N7O/c1-2-4-12(10-24)19-15-14-13(20-16(17)21-15)6-8-23(14)9-11-5-3-7-18-22-11/h3,5-8,12,24H,2,4,9-10H2,1H3,(H3,17,19,20,21)/t12-/m0/s1. The minimum Gasteiger partial charge on any atom is -0.394 e. The average molecular weight is 327 g/mol. The first-order valence-corrected chi connectivity index (χ1v) is 7.97. The summed E-state index contributed by atoms with van der Waals surface area (Å²) in [6.07, 6.45) is 5.37. The predicted octanol–water partition coefficient (Wildman–Crippen LogP) is 1.42. The van der Waals surface area contributed by atoms with E-state index in [-0.39, 0.29) is 18.6 Å². The summed E-state index contributed by atoms with van der Waals surface area (Å²) in [5.41, 5.74) is 8.25. The van der Waals surface area contributed by atoms with Gasteiger partial charge in [0.1, 0.15) is 5.52 Å². The van der Waals surface area contributed by atoms with E-state index < -0.39 is 0 Å². The summed E-state index contributed by atoms with van der Waals surface area (Å²) in [6, 6.07) is 5.58. The number of nitrogens with one attached hydrogen (secondary N) is 1. The van der Waals surface area contributed by atoms with E-state index in [0.29, 0.717) is 12.4 Å². The maximum absolute atomic E-state index is 9.55. The van der Waals surface area contributed by atoms with Gasteiger partial charge in [-0.2, -0.15) is 15.2 Å². The third-order valence-electron chi connectivity index (χ3n) is 3.79. The summed E-state index contributed by atoms with van der Waals surface area (Å²) in [5.74, 6) is 0.828. The second kappa shape index (κ2) is 7.22. The molecule has 8 heteroatoms. The number of hydrogen-bond acceptors (Lipinski definition) is 7. The minimum atomic E-state index is -0.0765. The van der Waals surface area contributed by atoms with E-state index in [9.17, 15) is 5.11 Å². The normalized spacial score (nSPS) is 12.4. The van der Waals surface area contributed by atoms with Crippen molar-refractivity contribution in [2.75, 3.05) is 17.7 Å². The van der Waals surface area contributed by atoms with E-state index in [0.717, 1.165) is 29.6 Å². The number of nitrogen functional groups attached to an aromatic ring is 1. The number of hydrogen-bond donors (Lipinski definition) is 3. The highest BCUT2D eigenvalue weighted by Crippen LogP contribution is 2.24. The van der Waals surface area contributed by atoms with Crippen LogP contribution in [0.3, 0.4) is 0 Å². The van der Waals surface area contributed by atoms with Gasteiger partial charge in [0.25, 0.3) is 0 Å². The molecule has 0 saturated carbocycles. The zero-order valence-electron chi connectivity index (χ0n) is 13.6. The molecule has 0 fully saturated rings. The van der Waals surface area contributed by atoms with Crippen LogP contribution >= 0.6 is 0 Å². The molecule has 0 unspecified atom stereocenters. The first kappa shape index (κ1) is 16.1. The minimum absolute atomic E-state index is 0.0319. The molecule has 126 valence electrons. The number of rotatable bonds is 7. The molecule has 0 spiro atoms. The Morgan fingerprint density at radius 2 is 2.21 bits per heavy atom. The molecule has 24 heavy (non-hydrogen) atoms. The summed E-state index contributed by atoms with van der Waals surface area (Å²) < 4.78 is 2.00. The lowest BCUT2D eigenvalue weighted by atomic mass is 10.2. The van der Waals surface area contributed by atoms with Crippen LogP contribution in [0.15, 0.2) is 30.6 Å². The fourth-order valence-electron chi connectivity index (χ4n) is 2.70. The Kier molecular flexibility index (Phi) is 4.85. The summed E-state index contributed by atoms with van der Waals surface area (Å²) in [4.78, 5) is 8.62. The lowest BCUT2D eigenvalue weighted by Crippen LogP contribution is -2.25. The molecular formula is C16H21N7O. The van der Waals surface area contributed by atoms with Gasteiger partial charge in [-0.05, 0) is 24.6 Å². The van der Waals surface area contributed by atoms with Crippen LogP contribution in [0.5, 0.6) is 0 Å². The average Bonchev–Trinajstić information content (AvgIpc) is 2.98. The van der Waals surface area contributed by atoms with Crippen LogP contribution in [0.1, 0.15) is 25.5 Å². The lowest BCUT2D eigenvalue weighted by molar-refractivity contribution is 0.268. The molecule has 3 aromatic heterocycles. The fraction of sp³-hybridized carbons (Fsp3) is 0.375. The number of anilines is 2. The quantitative estimate of drug-likeness (QED) is 0.601. The molecule has 0 radical (unpaired) electrons. The molecule has 3 rings (SSSR count). The number of aliphatic hydroxyl groups excluding tert-OH is 1. The highest BCUT2D eigenvalue weighted by Gasteiger charge is 2.15. The SMILES string of the molecule is CCC[C@@H](CO)Nc1nc(N)nc2ccn(Cc3cccnn3)c12. The smallest absolute Gasteiger partial charge is 0.222 e. The Morgan fingerprint density at radius 3 is 2.92 bits per heavy atom. The zero-order valence-corrected chi connectivity index (χ0v) is 13.6. The van der Waals surface area contributed by atoms with Gasteiger partial charge in [0.15, 0.2) is 5.82 Å². The van der Waals surface area contributed by atoms with Crippen molar-refractivity contribution in [2.45, 2.75) is 32.4 Å². The summed E-state index contributed by atoms with van der Waals surface area (Å²) >= 11 is 0. The zero-order chi connectivity index (χ0) is 16.9. The van der Waals surface area contributed by atoms with Crippen LogP contribution in [-0.2, 0) is 6.54 Å². The Morgan fingerprint density at radius 1 is 1.33 bits per heavy atom.